The van der Waals surface area contributed by atoms with Gasteiger partial charge in [0.05, 0.1) is 68.0 Å². The quantitative estimate of drug-likeness (QED) is 0.0537. The Balaban J connectivity index is 0.000000186. The third kappa shape index (κ3) is 14.1. The Labute approximate surface area is 443 Å². The van der Waals surface area contributed by atoms with Crippen LogP contribution in [0.25, 0.3) is 43.8 Å². The van der Waals surface area contributed by atoms with Gasteiger partial charge in [-0.1, -0.05) is 86.1 Å². The van der Waals surface area contributed by atoms with Gasteiger partial charge in [0.2, 0.25) is 0 Å². The molecular formula is C61H64N8O7. The third-order valence-corrected chi connectivity index (χ3v) is 13.1. The highest BCUT2D eigenvalue weighted by Crippen LogP contribution is 2.35. The van der Waals surface area contributed by atoms with Gasteiger partial charge in [0.1, 0.15) is 5.75 Å². The lowest BCUT2D eigenvalue weighted by atomic mass is 9.98. The fourth-order valence-electron chi connectivity index (χ4n) is 9.09. The largest absolute Gasteiger partial charge is 0.494 e. The molecule has 0 radical (unpaired) electrons. The van der Waals surface area contributed by atoms with Crippen molar-refractivity contribution in [1.82, 2.24) is 19.8 Å². The number of amides is 4. The van der Waals surface area contributed by atoms with Crippen molar-refractivity contribution < 1.29 is 33.3 Å². The van der Waals surface area contributed by atoms with Gasteiger partial charge in [0.15, 0.2) is 0 Å². The van der Waals surface area contributed by atoms with Gasteiger partial charge in [-0.2, -0.15) is 0 Å². The number of benzene rings is 6. The van der Waals surface area contributed by atoms with Crippen LogP contribution in [0.15, 0.2) is 158 Å². The number of fused-ring (bicyclic) bond motifs is 2. The van der Waals surface area contributed by atoms with Gasteiger partial charge < -0.3 is 40.2 Å². The first-order valence-electron chi connectivity index (χ1n) is 26.0. The maximum atomic E-state index is 12.8. The van der Waals surface area contributed by atoms with Gasteiger partial charge in [0.25, 0.3) is 0 Å². The summed E-state index contributed by atoms with van der Waals surface area (Å²) in [4.78, 5) is 51.6. The number of aromatic nitrogens is 2. The molecule has 4 amide bonds. The number of ether oxygens (including phenoxy) is 4. The third-order valence-electron chi connectivity index (χ3n) is 13.1. The molecule has 0 unspecified atom stereocenters. The molecule has 4 N–H and O–H groups in total. The standard InChI is InChI=1S/C31H34N4O3.C30H30N4O4/c1-2-3-18-38-26-12-10-24(11-13-26)33-31(36)34-30-15-14-27(28-6-4-5-7-29(28)30)23-8-9-25(32-21-23)22-35-16-19-37-20-17-35;1-2-38-29(35)21-7-10-23(11-8-21)32-30(36)33-28-14-13-25(26-5-3-4-6-27(26)28)22-9-12-24(31-19-22)20-34-15-17-37-18-16-34/h4-15,21H,2-3,16-20,22H2,1H3,(H2,33,34,36);3-14,19H,2,15-18,20H2,1H3,(H2,32,33,36). The van der Waals surface area contributed by atoms with Crippen molar-refractivity contribution >= 4 is 62.3 Å². The van der Waals surface area contributed by atoms with E-state index >= 15 is 0 Å². The number of unbranched alkanes of at least 4 members (excludes halogenated alkanes) is 1. The zero-order valence-corrected chi connectivity index (χ0v) is 43.1. The molecule has 0 bridgehead atoms. The Morgan fingerprint density at radius 2 is 0.987 bits per heavy atom. The maximum Gasteiger partial charge on any atom is 0.338 e. The number of anilines is 4. The zero-order valence-electron chi connectivity index (χ0n) is 43.1. The monoisotopic (exact) mass is 1020 g/mol. The lowest BCUT2D eigenvalue weighted by Crippen LogP contribution is -2.35. The summed E-state index contributed by atoms with van der Waals surface area (Å²) in [6.07, 6.45) is 5.96. The molecule has 2 fully saturated rings. The number of hydrogen-bond acceptors (Lipinski definition) is 11. The number of rotatable bonds is 16. The Morgan fingerprint density at radius 3 is 1.42 bits per heavy atom. The SMILES string of the molecule is CCCCOc1ccc(NC(=O)Nc2ccc(-c3ccc(CN4CCOCC4)nc3)c3ccccc23)cc1.CCOC(=O)c1ccc(NC(=O)Nc2ccc(-c3ccc(CN4CCOCC4)nc3)c3ccccc23)cc1. The molecule has 390 valence electrons. The fourth-order valence-corrected chi connectivity index (χ4v) is 9.09. The number of morpholine rings is 2. The summed E-state index contributed by atoms with van der Waals surface area (Å²) in [5, 5.41) is 15.7. The van der Waals surface area contributed by atoms with Crippen LogP contribution < -0.4 is 26.0 Å². The number of nitrogens with zero attached hydrogens (tertiary/aromatic N) is 4. The molecule has 2 aliphatic heterocycles. The van der Waals surface area contributed by atoms with E-state index in [1.165, 1.54) is 0 Å². The van der Waals surface area contributed by atoms with Crippen molar-refractivity contribution in [2.75, 3.05) is 87.1 Å². The smallest absolute Gasteiger partial charge is 0.338 e. The first kappa shape index (κ1) is 52.6. The van der Waals surface area contributed by atoms with Crippen LogP contribution in [0.4, 0.5) is 32.3 Å². The van der Waals surface area contributed by atoms with Gasteiger partial charge in [-0.05, 0) is 108 Å². The molecule has 0 spiro atoms. The molecule has 0 aliphatic carbocycles. The van der Waals surface area contributed by atoms with Crippen molar-refractivity contribution in [2.45, 2.75) is 39.8 Å². The highest BCUT2D eigenvalue weighted by atomic mass is 16.5. The van der Waals surface area contributed by atoms with Gasteiger partial charge in [0, 0.05) is 84.9 Å². The van der Waals surface area contributed by atoms with Crippen LogP contribution in [0.1, 0.15) is 48.4 Å². The Hall–Kier alpha value is -8.21. The summed E-state index contributed by atoms with van der Waals surface area (Å²) in [5.41, 5.74) is 9.43. The lowest BCUT2D eigenvalue weighted by Gasteiger charge is -2.26. The molecule has 6 aromatic carbocycles. The number of carbonyl (C=O) groups excluding carboxylic acids is 3. The molecule has 0 atom stereocenters. The molecule has 10 rings (SSSR count). The van der Waals surface area contributed by atoms with E-state index < -0.39 is 5.97 Å². The van der Waals surface area contributed by atoms with Crippen LogP contribution in [0.2, 0.25) is 0 Å². The van der Waals surface area contributed by atoms with Crippen LogP contribution >= 0.6 is 0 Å². The molecule has 76 heavy (non-hydrogen) atoms. The molecular weight excluding hydrogens is 957 g/mol. The second-order valence-corrected chi connectivity index (χ2v) is 18.4. The van der Waals surface area contributed by atoms with Crippen LogP contribution in [-0.4, -0.2) is 104 Å². The fraction of sp³-hybridized carbons (Fsp3) is 0.262. The Morgan fingerprint density at radius 1 is 0.526 bits per heavy atom. The molecule has 2 saturated heterocycles. The van der Waals surface area contributed by atoms with E-state index in [1.54, 1.807) is 31.2 Å². The van der Waals surface area contributed by atoms with Crippen LogP contribution in [0.3, 0.4) is 0 Å². The summed E-state index contributed by atoms with van der Waals surface area (Å²) in [6, 6.07) is 45.7. The van der Waals surface area contributed by atoms with Gasteiger partial charge in [-0.15, -0.1) is 0 Å². The van der Waals surface area contributed by atoms with Crippen molar-refractivity contribution in [3.05, 3.63) is 175 Å². The number of nitrogens with one attached hydrogen (secondary N) is 4. The summed E-state index contributed by atoms with van der Waals surface area (Å²) in [7, 11) is 0. The van der Waals surface area contributed by atoms with Crippen LogP contribution in [0, 0.1) is 0 Å². The number of esters is 1. The van der Waals surface area contributed by atoms with Crippen molar-refractivity contribution in [1.29, 1.82) is 0 Å². The predicted octanol–water partition coefficient (Wildman–Crippen LogP) is 12.1. The highest BCUT2D eigenvalue weighted by molar-refractivity contribution is 6.11. The minimum absolute atomic E-state index is 0.295. The lowest BCUT2D eigenvalue weighted by molar-refractivity contribution is 0.0336. The second kappa shape index (κ2) is 26.3. The summed E-state index contributed by atoms with van der Waals surface area (Å²) in [6.45, 7) is 13.4. The van der Waals surface area contributed by atoms with E-state index in [9.17, 15) is 14.4 Å². The first-order chi connectivity index (χ1) is 37.3. The highest BCUT2D eigenvalue weighted by Gasteiger charge is 2.17. The van der Waals surface area contributed by atoms with Crippen LogP contribution in [-0.2, 0) is 27.3 Å². The minimum atomic E-state index is -0.392. The number of urea groups is 2. The normalized spacial score (nSPS) is 13.8. The van der Waals surface area contributed by atoms with Crippen molar-refractivity contribution in [3.8, 4) is 28.0 Å². The second-order valence-electron chi connectivity index (χ2n) is 18.4. The van der Waals surface area contributed by atoms with E-state index in [-0.39, 0.29) is 12.1 Å². The molecule has 2 aromatic heterocycles. The first-order valence-corrected chi connectivity index (χ1v) is 26.0. The van der Waals surface area contributed by atoms with E-state index in [0.717, 1.165) is 145 Å². The summed E-state index contributed by atoms with van der Waals surface area (Å²) >= 11 is 0. The molecule has 15 nitrogen and oxygen atoms in total. The van der Waals surface area contributed by atoms with E-state index in [1.807, 2.05) is 103 Å². The minimum Gasteiger partial charge on any atom is -0.494 e. The topological polar surface area (TPSA) is 169 Å². The average Bonchev–Trinajstić information content (AvgIpc) is 3.46. The number of pyridine rings is 2. The van der Waals surface area contributed by atoms with Crippen LogP contribution in [0.5, 0.6) is 5.75 Å². The average molecular weight is 1020 g/mol. The Bertz CT molecular complexity index is 3200. The van der Waals surface area contributed by atoms with Gasteiger partial charge >= 0.3 is 18.0 Å². The van der Waals surface area contributed by atoms with E-state index in [4.69, 9.17) is 28.9 Å². The number of hydrogen-bond donors (Lipinski definition) is 4. The molecule has 0 saturated carbocycles. The summed E-state index contributed by atoms with van der Waals surface area (Å²) < 4.78 is 21.6. The predicted molar refractivity (Wildman–Crippen MR) is 301 cm³/mol. The van der Waals surface area contributed by atoms with E-state index in [0.29, 0.717) is 35.8 Å². The molecule has 2 aliphatic rings. The maximum absolute atomic E-state index is 12.8. The summed E-state index contributed by atoms with van der Waals surface area (Å²) in [5.74, 6) is 0.409. The van der Waals surface area contributed by atoms with Gasteiger partial charge in [-0.25, -0.2) is 14.4 Å². The number of carbonyl (C=O) groups is 3. The van der Waals surface area contributed by atoms with Gasteiger partial charge in [-0.3, -0.25) is 19.8 Å². The molecule has 15 heteroatoms. The van der Waals surface area contributed by atoms with E-state index in [2.05, 4.69) is 68.3 Å². The van der Waals surface area contributed by atoms with Crippen molar-refractivity contribution in [2.24, 2.45) is 0 Å². The molecule has 8 aromatic rings. The Kier molecular flexibility index (Phi) is 18.2. The molecule has 4 heterocycles. The zero-order chi connectivity index (χ0) is 52.5. The van der Waals surface area contributed by atoms with Crippen molar-refractivity contribution in [3.63, 3.8) is 0 Å².